The summed E-state index contributed by atoms with van der Waals surface area (Å²) < 4.78 is 6.92. The van der Waals surface area contributed by atoms with E-state index >= 15 is 0 Å². The van der Waals surface area contributed by atoms with Crippen molar-refractivity contribution in [2.75, 3.05) is 19.7 Å². The van der Waals surface area contributed by atoms with Crippen LogP contribution in [0.3, 0.4) is 0 Å². The summed E-state index contributed by atoms with van der Waals surface area (Å²) in [5.74, 6) is -0.164. The minimum atomic E-state index is -0.193. The lowest BCUT2D eigenvalue weighted by atomic mass is 10.1. The molecule has 0 N–H and O–H groups in total. The molecule has 0 bridgehead atoms. The number of benzene rings is 2. The molecule has 1 saturated heterocycles. The Morgan fingerprint density at radius 3 is 2.56 bits per heavy atom. The first-order valence-electron chi connectivity index (χ1n) is 9.08. The van der Waals surface area contributed by atoms with E-state index in [4.69, 9.17) is 4.74 Å². The lowest BCUT2D eigenvalue weighted by Gasteiger charge is -2.31. The molecule has 0 aliphatic carbocycles. The normalized spacial score (nSPS) is 17.2. The summed E-state index contributed by atoms with van der Waals surface area (Å²) in [6.45, 7) is 3.82. The second-order valence-corrected chi connectivity index (χ2v) is 6.78. The number of carbonyl (C=O) groups excluding carboxylic acids is 1. The summed E-state index contributed by atoms with van der Waals surface area (Å²) in [4.78, 5) is 27.8. The van der Waals surface area contributed by atoms with E-state index in [2.05, 4.69) is 5.10 Å². The Morgan fingerprint density at radius 1 is 1.11 bits per heavy atom. The molecule has 6 nitrogen and oxygen atoms in total. The fourth-order valence-electron chi connectivity index (χ4n) is 3.41. The average molecular weight is 363 g/mol. The number of hydrogen-bond acceptors (Lipinski definition) is 4. The average Bonchev–Trinajstić information content (AvgIpc) is 2.70. The van der Waals surface area contributed by atoms with E-state index in [-0.39, 0.29) is 17.6 Å². The van der Waals surface area contributed by atoms with Crippen LogP contribution in [0.5, 0.6) is 0 Å². The predicted molar refractivity (Wildman–Crippen MR) is 103 cm³/mol. The molecular weight excluding hydrogens is 342 g/mol. The van der Waals surface area contributed by atoms with Crippen molar-refractivity contribution in [3.8, 4) is 0 Å². The molecule has 1 amide bonds. The number of rotatable bonds is 3. The Kier molecular flexibility index (Phi) is 4.73. The number of aromatic nitrogens is 2. The third-order valence-electron chi connectivity index (χ3n) is 4.77. The molecule has 1 aliphatic heterocycles. The third-order valence-corrected chi connectivity index (χ3v) is 4.77. The predicted octanol–water partition coefficient (Wildman–Crippen LogP) is 2.31. The molecule has 0 saturated carbocycles. The molecule has 1 atom stereocenters. The highest BCUT2D eigenvalue weighted by molar-refractivity contribution is 6.04. The van der Waals surface area contributed by atoms with Crippen LogP contribution in [-0.4, -0.2) is 46.4 Å². The molecule has 1 aliphatic rings. The van der Waals surface area contributed by atoms with Gasteiger partial charge >= 0.3 is 0 Å². The molecular formula is C21H21N3O3. The monoisotopic (exact) mass is 363 g/mol. The number of ether oxygens (including phenoxy) is 1. The SMILES string of the molecule is C[C@@H]1CN(C(=O)c2nn(Cc3ccccc3)c(=O)c3ccccc23)CCO1. The number of amides is 1. The smallest absolute Gasteiger partial charge is 0.275 e. The van der Waals surface area contributed by atoms with Gasteiger partial charge in [-0.2, -0.15) is 5.10 Å². The minimum Gasteiger partial charge on any atom is -0.375 e. The van der Waals surface area contributed by atoms with Gasteiger partial charge in [0.05, 0.1) is 24.6 Å². The fourth-order valence-corrected chi connectivity index (χ4v) is 3.41. The van der Waals surface area contributed by atoms with Crippen molar-refractivity contribution in [1.82, 2.24) is 14.7 Å². The molecule has 27 heavy (non-hydrogen) atoms. The van der Waals surface area contributed by atoms with Gasteiger partial charge in [0.2, 0.25) is 0 Å². The standard InChI is InChI=1S/C21H21N3O3/c1-15-13-23(11-12-27-15)21(26)19-17-9-5-6-10-18(17)20(25)24(22-19)14-16-7-3-2-4-8-16/h2-10,15H,11-14H2,1H3/t15-/m1/s1. The van der Waals surface area contributed by atoms with E-state index in [1.807, 2.05) is 49.4 Å². The van der Waals surface area contributed by atoms with Crippen LogP contribution < -0.4 is 5.56 Å². The second-order valence-electron chi connectivity index (χ2n) is 6.78. The summed E-state index contributed by atoms with van der Waals surface area (Å²) in [5, 5.41) is 5.57. The topological polar surface area (TPSA) is 64.4 Å². The number of carbonyl (C=O) groups is 1. The zero-order valence-electron chi connectivity index (χ0n) is 15.2. The zero-order valence-corrected chi connectivity index (χ0v) is 15.2. The molecule has 1 aromatic heterocycles. The third kappa shape index (κ3) is 3.48. The molecule has 3 aromatic rings. The van der Waals surface area contributed by atoms with E-state index in [1.165, 1.54) is 4.68 Å². The fraction of sp³-hybridized carbons (Fsp3) is 0.286. The van der Waals surface area contributed by atoms with Gasteiger partial charge in [0.25, 0.3) is 11.5 Å². The largest absolute Gasteiger partial charge is 0.375 e. The van der Waals surface area contributed by atoms with Gasteiger partial charge in [-0.15, -0.1) is 0 Å². The molecule has 0 unspecified atom stereocenters. The van der Waals surface area contributed by atoms with E-state index < -0.39 is 0 Å². The van der Waals surface area contributed by atoms with Gasteiger partial charge < -0.3 is 9.64 Å². The second kappa shape index (κ2) is 7.32. The first-order chi connectivity index (χ1) is 13.1. The van der Waals surface area contributed by atoms with Crippen molar-refractivity contribution in [3.63, 3.8) is 0 Å². The number of hydrogen-bond donors (Lipinski definition) is 0. The Balaban J connectivity index is 1.80. The van der Waals surface area contributed by atoms with E-state index in [1.54, 1.807) is 17.0 Å². The van der Waals surface area contributed by atoms with Crippen LogP contribution in [0.4, 0.5) is 0 Å². The quantitative estimate of drug-likeness (QED) is 0.716. The highest BCUT2D eigenvalue weighted by Crippen LogP contribution is 2.17. The van der Waals surface area contributed by atoms with Crippen LogP contribution in [0, 0.1) is 0 Å². The lowest BCUT2D eigenvalue weighted by molar-refractivity contribution is -0.0126. The van der Waals surface area contributed by atoms with Gasteiger partial charge in [0, 0.05) is 18.5 Å². The van der Waals surface area contributed by atoms with Gasteiger partial charge in [-0.1, -0.05) is 48.5 Å². The van der Waals surface area contributed by atoms with Crippen molar-refractivity contribution in [1.29, 1.82) is 0 Å². The maximum atomic E-state index is 13.2. The summed E-state index contributed by atoms with van der Waals surface area (Å²) in [5.41, 5.74) is 1.08. The minimum absolute atomic E-state index is 0.0100. The Morgan fingerprint density at radius 2 is 1.81 bits per heavy atom. The molecule has 2 aromatic carbocycles. The van der Waals surface area contributed by atoms with E-state index in [9.17, 15) is 9.59 Å². The van der Waals surface area contributed by atoms with Crippen LogP contribution in [0.25, 0.3) is 10.8 Å². The van der Waals surface area contributed by atoms with Gasteiger partial charge in [0.15, 0.2) is 5.69 Å². The highest BCUT2D eigenvalue weighted by Gasteiger charge is 2.26. The molecule has 1 fully saturated rings. The summed E-state index contributed by atoms with van der Waals surface area (Å²) in [6, 6.07) is 16.8. The summed E-state index contributed by atoms with van der Waals surface area (Å²) >= 11 is 0. The van der Waals surface area contributed by atoms with Crippen molar-refractivity contribution >= 4 is 16.7 Å². The van der Waals surface area contributed by atoms with Crippen LogP contribution >= 0.6 is 0 Å². The molecule has 2 heterocycles. The Bertz CT molecular complexity index is 1030. The van der Waals surface area contributed by atoms with Crippen molar-refractivity contribution < 1.29 is 9.53 Å². The van der Waals surface area contributed by atoms with Crippen LogP contribution in [-0.2, 0) is 11.3 Å². The van der Waals surface area contributed by atoms with Crippen LogP contribution in [0.2, 0.25) is 0 Å². The van der Waals surface area contributed by atoms with Crippen molar-refractivity contribution in [2.24, 2.45) is 0 Å². The number of fused-ring (bicyclic) bond motifs is 1. The molecule has 0 radical (unpaired) electrons. The first kappa shape index (κ1) is 17.4. The maximum absolute atomic E-state index is 13.2. The number of morpholine rings is 1. The number of nitrogens with zero attached hydrogens (tertiary/aromatic N) is 3. The van der Waals surface area contributed by atoms with Gasteiger partial charge in [-0.3, -0.25) is 9.59 Å². The van der Waals surface area contributed by atoms with E-state index in [0.29, 0.717) is 42.7 Å². The highest BCUT2D eigenvalue weighted by atomic mass is 16.5. The Labute approximate surface area is 157 Å². The van der Waals surface area contributed by atoms with Crippen molar-refractivity contribution in [2.45, 2.75) is 19.6 Å². The summed E-state index contributed by atoms with van der Waals surface area (Å²) in [7, 11) is 0. The van der Waals surface area contributed by atoms with Gasteiger partial charge in [0.1, 0.15) is 0 Å². The Hall–Kier alpha value is -2.99. The van der Waals surface area contributed by atoms with Crippen LogP contribution in [0.15, 0.2) is 59.4 Å². The molecule has 0 spiro atoms. The lowest BCUT2D eigenvalue weighted by Crippen LogP contribution is -2.45. The van der Waals surface area contributed by atoms with Gasteiger partial charge in [-0.05, 0) is 18.6 Å². The maximum Gasteiger partial charge on any atom is 0.275 e. The first-order valence-corrected chi connectivity index (χ1v) is 9.08. The molecule has 4 rings (SSSR count). The van der Waals surface area contributed by atoms with E-state index in [0.717, 1.165) is 5.56 Å². The van der Waals surface area contributed by atoms with Crippen LogP contribution in [0.1, 0.15) is 23.0 Å². The van der Waals surface area contributed by atoms with Crippen molar-refractivity contribution in [3.05, 3.63) is 76.2 Å². The molecule has 138 valence electrons. The zero-order chi connectivity index (χ0) is 18.8. The van der Waals surface area contributed by atoms with Gasteiger partial charge in [-0.25, -0.2) is 4.68 Å². The molecule has 6 heteroatoms. The summed E-state index contributed by atoms with van der Waals surface area (Å²) in [6.07, 6.45) is -0.0100.